The number of hydrogen-bond acceptors (Lipinski definition) is 2. The Morgan fingerprint density at radius 1 is 1.50 bits per heavy atom. The minimum Gasteiger partial charge on any atom is -0.313 e. The molecule has 1 aliphatic heterocycles. The first-order chi connectivity index (χ1) is 7.74. The predicted octanol–water partition coefficient (Wildman–Crippen LogP) is 4.00. The summed E-state index contributed by atoms with van der Waals surface area (Å²) < 4.78 is 0. The number of allylic oxidation sites excluding steroid dienone is 1. The number of thioether (sulfide) groups is 1. The zero-order valence-electron chi connectivity index (χ0n) is 10.9. The minimum absolute atomic E-state index is 0.710. The van der Waals surface area contributed by atoms with E-state index in [0.717, 1.165) is 11.8 Å². The quantitative estimate of drug-likeness (QED) is 0.676. The Morgan fingerprint density at radius 3 is 2.88 bits per heavy atom. The molecule has 1 saturated heterocycles. The van der Waals surface area contributed by atoms with E-state index in [1.54, 1.807) is 0 Å². The molecule has 2 heteroatoms. The monoisotopic (exact) mass is 241 g/mol. The molecule has 16 heavy (non-hydrogen) atoms. The highest BCUT2D eigenvalue weighted by Crippen LogP contribution is 2.29. The Labute approximate surface area is 105 Å². The van der Waals surface area contributed by atoms with Gasteiger partial charge in [-0.2, -0.15) is 11.8 Å². The molecule has 0 bridgehead atoms. The normalized spacial score (nSPS) is 23.0. The van der Waals surface area contributed by atoms with Gasteiger partial charge in [-0.15, -0.1) is 6.58 Å². The Bertz CT molecular complexity index is 197. The summed E-state index contributed by atoms with van der Waals surface area (Å²) in [5.74, 6) is 1.36. The van der Waals surface area contributed by atoms with Gasteiger partial charge in [0.25, 0.3) is 0 Å². The molecular weight excluding hydrogens is 214 g/mol. The molecule has 0 aliphatic carbocycles. The van der Waals surface area contributed by atoms with Gasteiger partial charge in [-0.05, 0) is 51.3 Å². The van der Waals surface area contributed by atoms with Crippen molar-refractivity contribution in [2.45, 2.75) is 63.7 Å². The van der Waals surface area contributed by atoms with E-state index >= 15 is 0 Å². The lowest BCUT2D eigenvalue weighted by Gasteiger charge is -2.30. The van der Waals surface area contributed by atoms with Crippen LogP contribution >= 0.6 is 11.8 Å². The standard InChI is InChI=1S/C14H27NS/c1-4-10-15-13(9-8-12(2)3)14-7-5-6-11-16-14/h13-15H,2,4-11H2,1,3H3. The maximum atomic E-state index is 4.02. The fraction of sp³-hybridized carbons (Fsp3) is 0.857. The third-order valence-electron chi connectivity index (χ3n) is 3.20. The molecule has 2 atom stereocenters. The van der Waals surface area contributed by atoms with Gasteiger partial charge in [0.05, 0.1) is 0 Å². The molecule has 0 radical (unpaired) electrons. The van der Waals surface area contributed by atoms with Crippen molar-refractivity contribution in [1.29, 1.82) is 0 Å². The second-order valence-corrected chi connectivity index (χ2v) is 6.31. The summed E-state index contributed by atoms with van der Waals surface area (Å²) in [6.45, 7) is 9.57. The van der Waals surface area contributed by atoms with Crippen molar-refractivity contribution in [2.75, 3.05) is 12.3 Å². The first-order valence-corrected chi connectivity index (χ1v) is 7.78. The highest BCUT2D eigenvalue weighted by Gasteiger charge is 2.23. The van der Waals surface area contributed by atoms with Crippen LogP contribution in [0.3, 0.4) is 0 Å². The predicted molar refractivity (Wildman–Crippen MR) is 76.2 cm³/mol. The smallest absolute Gasteiger partial charge is 0.0201 e. The first-order valence-electron chi connectivity index (χ1n) is 6.73. The van der Waals surface area contributed by atoms with Gasteiger partial charge in [-0.25, -0.2) is 0 Å². The molecule has 1 rings (SSSR count). The van der Waals surface area contributed by atoms with E-state index in [1.165, 1.54) is 49.9 Å². The van der Waals surface area contributed by atoms with Crippen molar-refractivity contribution in [3.8, 4) is 0 Å². The van der Waals surface area contributed by atoms with E-state index in [9.17, 15) is 0 Å². The van der Waals surface area contributed by atoms with Gasteiger partial charge in [0.1, 0.15) is 0 Å². The van der Waals surface area contributed by atoms with E-state index in [1.807, 2.05) is 0 Å². The van der Waals surface area contributed by atoms with Crippen LogP contribution in [0.15, 0.2) is 12.2 Å². The van der Waals surface area contributed by atoms with Gasteiger partial charge in [0, 0.05) is 11.3 Å². The molecular formula is C14H27NS. The molecule has 0 aromatic carbocycles. The molecule has 1 fully saturated rings. The Hall–Kier alpha value is 0.0500. The van der Waals surface area contributed by atoms with Crippen molar-refractivity contribution in [3.05, 3.63) is 12.2 Å². The molecule has 0 aromatic heterocycles. The van der Waals surface area contributed by atoms with E-state index in [4.69, 9.17) is 0 Å². The zero-order chi connectivity index (χ0) is 11.8. The van der Waals surface area contributed by atoms with Crippen molar-refractivity contribution in [3.63, 3.8) is 0 Å². The molecule has 0 aromatic rings. The maximum Gasteiger partial charge on any atom is 0.0201 e. The zero-order valence-corrected chi connectivity index (χ0v) is 11.7. The Kier molecular flexibility index (Phi) is 7.22. The summed E-state index contributed by atoms with van der Waals surface area (Å²) in [7, 11) is 0. The largest absolute Gasteiger partial charge is 0.313 e. The average Bonchev–Trinajstić information content (AvgIpc) is 2.30. The Morgan fingerprint density at radius 2 is 2.31 bits per heavy atom. The van der Waals surface area contributed by atoms with Gasteiger partial charge in [0.2, 0.25) is 0 Å². The van der Waals surface area contributed by atoms with Crippen LogP contribution in [-0.2, 0) is 0 Å². The Balaban J connectivity index is 2.37. The summed E-state index contributed by atoms with van der Waals surface area (Å²) in [6.07, 6.45) is 7.94. The van der Waals surface area contributed by atoms with Crippen LogP contribution in [-0.4, -0.2) is 23.6 Å². The minimum atomic E-state index is 0.710. The SMILES string of the molecule is C=C(C)CCC(NCCC)C1CCCCS1. The van der Waals surface area contributed by atoms with Gasteiger partial charge >= 0.3 is 0 Å². The molecule has 1 heterocycles. The molecule has 2 unspecified atom stereocenters. The number of hydrogen-bond donors (Lipinski definition) is 1. The number of rotatable bonds is 7. The summed E-state index contributed by atoms with van der Waals surface area (Å²) >= 11 is 2.18. The number of nitrogens with one attached hydrogen (secondary N) is 1. The van der Waals surface area contributed by atoms with Crippen LogP contribution < -0.4 is 5.32 Å². The van der Waals surface area contributed by atoms with Crippen LogP contribution in [0.5, 0.6) is 0 Å². The summed E-state index contributed by atoms with van der Waals surface area (Å²) in [5, 5.41) is 4.58. The molecule has 0 saturated carbocycles. The fourth-order valence-corrected chi connectivity index (χ4v) is 3.71. The highest BCUT2D eigenvalue weighted by atomic mass is 32.2. The van der Waals surface area contributed by atoms with Crippen LogP contribution in [0.1, 0.15) is 52.4 Å². The van der Waals surface area contributed by atoms with Crippen molar-refractivity contribution in [1.82, 2.24) is 5.32 Å². The van der Waals surface area contributed by atoms with Crippen molar-refractivity contribution < 1.29 is 0 Å². The van der Waals surface area contributed by atoms with Gasteiger partial charge < -0.3 is 5.32 Å². The van der Waals surface area contributed by atoms with Crippen molar-refractivity contribution in [2.24, 2.45) is 0 Å². The van der Waals surface area contributed by atoms with E-state index in [2.05, 4.69) is 37.5 Å². The molecule has 94 valence electrons. The van der Waals surface area contributed by atoms with Crippen molar-refractivity contribution >= 4 is 11.8 Å². The van der Waals surface area contributed by atoms with Crippen LogP contribution in [0.25, 0.3) is 0 Å². The second kappa shape index (κ2) is 8.19. The third kappa shape index (κ3) is 5.40. The van der Waals surface area contributed by atoms with Crippen LogP contribution in [0.4, 0.5) is 0 Å². The van der Waals surface area contributed by atoms with Crippen LogP contribution in [0.2, 0.25) is 0 Å². The van der Waals surface area contributed by atoms with Gasteiger partial charge in [-0.1, -0.05) is 18.9 Å². The van der Waals surface area contributed by atoms with E-state index in [-0.39, 0.29) is 0 Å². The summed E-state index contributed by atoms with van der Waals surface area (Å²) in [4.78, 5) is 0. The molecule has 0 amide bonds. The molecule has 1 aliphatic rings. The highest BCUT2D eigenvalue weighted by molar-refractivity contribution is 8.00. The van der Waals surface area contributed by atoms with Gasteiger partial charge in [0.15, 0.2) is 0 Å². The second-order valence-electron chi connectivity index (χ2n) is 4.96. The summed E-state index contributed by atoms with van der Waals surface area (Å²) in [6, 6.07) is 0.710. The van der Waals surface area contributed by atoms with Crippen LogP contribution in [0, 0.1) is 0 Å². The lowest BCUT2D eigenvalue weighted by Crippen LogP contribution is -2.39. The molecule has 1 nitrogen and oxygen atoms in total. The fourth-order valence-electron chi connectivity index (χ4n) is 2.23. The van der Waals surface area contributed by atoms with E-state index in [0.29, 0.717) is 6.04 Å². The lowest BCUT2D eigenvalue weighted by molar-refractivity contribution is 0.440. The summed E-state index contributed by atoms with van der Waals surface area (Å²) in [5.41, 5.74) is 1.32. The third-order valence-corrected chi connectivity index (χ3v) is 4.72. The molecule has 1 N–H and O–H groups in total. The average molecular weight is 241 g/mol. The lowest BCUT2D eigenvalue weighted by atomic mass is 10.0. The first kappa shape index (κ1) is 14.1. The topological polar surface area (TPSA) is 12.0 Å². The van der Waals surface area contributed by atoms with Gasteiger partial charge in [-0.3, -0.25) is 0 Å². The molecule has 0 spiro atoms. The maximum absolute atomic E-state index is 4.02. The van der Waals surface area contributed by atoms with E-state index < -0.39 is 0 Å².